The van der Waals surface area contributed by atoms with E-state index >= 15 is 0 Å². The molecule has 0 saturated heterocycles. The zero-order chi connectivity index (χ0) is 17.9. The SMILES string of the molecule is COC(=O)C[C@@H](c1ccc(Br)s1)c1c(O)c(C(=O)OC)c[nH]c1=O. The van der Waals surface area contributed by atoms with E-state index in [0.29, 0.717) is 4.88 Å². The molecule has 0 aliphatic rings. The Morgan fingerprint density at radius 1 is 1.33 bits per heavy atom. The van der Waals surface area contributed by atoms with E-state index in [1.54, 1.807) is 12.1 Å². The molecule has 2 N–H and O–H groups in total. The number of thiophene rings is 1. The smallest absolute Gasteiger partial charge is 0.343 e. The maximum atomic E-state index is 12.3. The van der Waals surface area contributed by atoms with Crippen LogP contribution in [0.2, 0.25) is 0 Å². The molecule has 0 unspecified atom stereocenters. The first kappa shape index (κ1) is 18.2. The van der Waals surface area contributed by atoms with Gasteiger partial charge < -0.3 is 19.6 Å². The summed E-state index contributed by atoms with van der Waals surface area (Å²) in [7, 11) is 2.40. The molecule has 0 radical (unpaired) electrons. The van der Waals surface area contributed by atoms with Gasteiger partial charge in [0, 0.05) is 17.0 Å². The van der Waals surface area contributed by atoms with E-state index in [0.717, 1.165) is 17.1 Å². The lowest BCUT2D eigenvalue weighted by Gasteiger charge is -2.16. The Morgan fingerprint density at radius 3 is 2.58 bits per heavy atom. The Balaban J connectivity index is 2.63. The van der Waals surface area contributed by atoms with Crippen LogP contribution in [0.25, 0.3) is 0 Å². The molecule has 2 rings (SSSR count). The van der Waals surface area contributed by atoms with E-state index in [9.17, 15) is 19.5 Å². The zero-order valence-corrected chi connectivity index (χ0v) is 15.2. The van der Waals surface area contributed by atoms with Crippen LogP contribution in [-0.2, 0) is 14.3 Å². The van der Waals surface area contributed by atoms with Gasteiger partial charge in [0.1, 0.15) is 11.3 Å². The van der Waals surface area contributed by atoms with Gasteiger partial charge in [-0.05, 0) is 28.1 Å². The maximum absolute atomic E-state index is 12.3. The highest BCUT2D eigenvalue weighted by Crippen LogP contribution is 2.38. The molecule has 7 nitrogen and oxygen atoms in total. The van der Waals surface area contributed by atoms with Crippen LogP contribution < -0.4 is 5.56 Å². The summed E-state index contributed by atoms with van der Waals surface area (Å²) in [6.07, 6.45) is 0.914. The highest BCUT2D eigenvalue weighted by atomic mass is 79.9. The van der Waals surface area contributed by atoms with Gasteiger partial charge in [0.05, 0.1) is 30.0 Å². The number of aromatic nitrogens is 1. The van der Waals surface area contributed by atoms with Crippen molar-refractivity contribution < 1.29 is 24.2 Å². The maximum Gasteiger partial charge on any atom is 0.343 e. The lowest BCUT2D eigenvalue weighted by Crippen LogP contribution is -2.21. The van der Waals surface area contributed by atoms with Crippen LogP contribution in [0.1, 0.15) is 33.1 Å². The number of carbonyl (C=O) groups excluding carboxylic acids is 2. The predicted octanol–water partition coefficient (Wildman–Crippen LogP) is 2.39. The van der Waals surface area contributed by atoms with E-state index in [-0.39, 0.29) is 17.5 Å². The second-order valence-electron chi connectivity index (χ2n) is 4.76. The van der Waals surface area contributed by atoms with Crippen LogP contribution in [0.5, 0.6) is 5.75 Å². The molecule has 9 heteroatoms. The average Bonchev–Trinajstić information content (AvgIpc) is 2.99. The van der Waals surface area contributed by atoms with E-state index in [2.05, 4.69) is 30.4 Å². The van der Waals surface area contributed by atoms with Gasteiger partial charge in [-0.2, -0.15) is 0 Å². The first-order chi connectivity index (χ1) is 11.4. The Bertz CT molecular complexity index is 828. The number of H-pyrrole nitrogens is 1. The minimum absolute atomic E-state index is 0.0855. The fourth-order valence-electron chi connectivity index (χ4n) is 2.24. The van der Waals surface area contributed by atoms with Gasteiger partial charge in [0.25, 0.3) is 5.56 Å². The van der Waals surface area contributed by atoms with Gasteiger partial charge in [-0.3, -0.25) is 9.59 Å². The highest BCUT2D eigenvalue weighted by Gasteiger charge is 2.29. The molecule has 2 aromatic heterocycles. The Kier molecular flexibility index (Phi) is 5.79. The van der Waals surface area contributed by atoms with Crippen LogP contribution in [0.3, 0.4) is 0 Å². The molecule has 1 atom stereocenters. The third kappa shape index (κ3) is 3.68. The molecule has 0 aromatic carbocycles. The predicted molar refractivity (Wildman–Crippen MR) is 90.6 cm³/mol. The van der Waals surface area contributed by atoms with Crippen molar-refractivity contribution in [3.05, 3.63) is 48.5 Å². The molecule has 2 heterocycles. The van der Waals surface area contributed by atoms with Gasteiger partial charge >= 0.3 is 11.9 Å². The zero-order valence-electron chi connectivity index (χ0n) is 12.8. The van der Waals surface area contributed by atoms with E-state index in [1.165, 1.54) is 18.4 Å². The van der Waals surface area contributed by atoms with Crippen LogP contribution in [0.15, 0.2) is 26.9 Å². The first-order valence-electron chi connectivity index (χ1n) is 6.74. The van der Waals surface area contributed by atoms with Crippen molar-refractivity contribution in [3.8, 4) is 5.75 Å². The summed E-state index contributed by atoms with van der Waals surface area (Å²) >= 11 is 4.63. The molecule has 24 heavy (non-hydrogen) atoms. The number of carbonyl (C=O) groups is 2. The molecule has 2 aromatic rings. The van der Waals surface area contributed by atoms with Gasteiger partial charge in [0.15, 0.2) is 0 Å². The largest absolute Gasteiger partial charge is 0.506 e. The molecule has 0 saturated carbocycles. The summed E-state index contributed by atoms with van der Waals surface area (Å²) in [5.74, 6) is -2.62. The number of nitrogens with one attached hydrogen (secondary N) is 1. The van der Waals surface area contributed by atoms with Crippen molar-refractivity contribution >= 4 is 39.2 Å². The summed E-state index contributed by atoms with van der Waals surface area (Å²) < 4.78 is 10.1. The lowest BCUT2D eigenvalue weighted by atomic mass is 9.93. The molecule has 0 aliphatic carbocycles. The van der Waals surface area contributed by atoms with Crippen molar-refractivity contribution in [1.29, 1.82) is 0 Å². The molecule has 0 spiro atoms. The summed E-state index contributed by atoms with van der Waals surface area (Å²) in [6.45, 7) is 0. The molecule has 0 aliphatic heterocycles. The van der Waals surface area contributed by atoms with E-state index < -0.39 is 29.2 Å². The summed E-state index contributed by atoms with van der Waals surface area (Å²) in [6, 6.07) is 3.49. The molecular formula is C15H14BrNO6S. The number of esters is 2. The van der Waals surface area contributed by atoms with Crippen LogP contribution in [-0.4, -0.2) is 36.2 Å². The Hall–Kier alpha value is -2.13. The molecule has 0 bridgehead atoms. The quantitative estimate of drug-likeness (QED) is 0.726. The van der Waals surface area contributed by atoms with Crippen molar-refractivity contribution in [2.45, 2.75) is 12.3 Å². The van der Waals surface area contributed by atoms with Crippen LogP contribution in [0.4, 0.5) is 0 Å². The first-order valence-corrected chi connectivity index (χ1v) is 8.34. The number of methoxy groups -OCH3 is 2. The lowest BCUT2D eigenvalue weighted by molar-refractivity contribution is -0.140. The number of aromatic hydroxyl groups is 1. The number of ether oxygens (including phenoxy) is 2. The van der Waals surface area contributed by atoms with Gasteiger partial charge in [0.2, 0.25) is 0 Å². The third-order valence-electron chi connectivity index (χ3n) is 3.39. The number of pyridine rings is 1. The van der Waals surface area contributed by atoms with Gasteiger partial charge in [-0.25, -0.2) is 4.79 Å². The molecule has 0 amide bonds. The highest BCUT2D eigenvalue weighted by molar-refractivity contribution is 9.11. The fraction of sp³-hybridized carbons (Fsp3) is 0.267. The molecular weight excluding hydrogens is 402 g/mol. The number of hydrogen-bond donors (Lipinski definition) is 2. The average molecular weight is 416 g/mol. The third-order valence-corrected chi connectivity index (χ3v) is 5.13. The number of hydrogen-bond acceptors (Lipinski definition) is 7. The molecule has 0 fully saturated rings. The number of aromatic amines is 1. The van der Waals surface area contributed by atoms with Crippen LogP contribution >= 0.6 is 27.3 Å². The standard InChI is InChI=1S/C15H14BrNO6S/c1-22-11(18)5-7(9-3-4-10(16)24-9)12-13(19)8(15(21)23-2)6-17-14(12)20/h3-4,6-7H,5H2,1-2H3,(H2,17,19,20)/t7-/m0/s1. The molecule has 128 valence electrons. The van der Waals surface area contributed by atoms with Crippen molar-refractivity contribution in [2.24, 2.45) is 0 Å². The summed E-state index contributed by atoms with van der Waals surface area (Å²) in [5, 5.41) is 10.4. The second kappa shape index (κ2) is 7.63. The van der Waals surface area contributed by atoms with E-state index in [1.807, 2.05) is 0 Å². The normalized spacial score (nSPS) is 11.8. The topological polar surface area (TPSA) is 106 Å². The minimum Gasteiger partial charge on any atom is -0.506 e. The Labute approximate surface area is 149 Å². The monoisotopic (exact) mass is 415 g/mol. The minimum atomic E-state index is -0.797. The van der Waals surface area contributed by atoms with Crippen molar-refractivity contribution in [3.63, 3.8) is 0 Å². The van der Waals surface area contributed by atoms with Crippen molar-refractivity contribution in [2.75, 3.05) is 14.2 Å². The number of halogens is 1. The Morgan fingerprint density at radius 2 is 2.04 bits per heavy atom. The van der Waals surface area contributed by atoms with Crippen molar-refractivity contribution in [1.82, 2.24) is 4.98 Å². The van der Waals surface area contributed by atoms with Gasteiger partial charge in [-0.15, -0.1) is 11.3 Å². The summed E-state index contributed by atoms with van der Waals surface area (Å²) in [4.78, 5) is 38.8. The second-order valence-corrected chi connectivity index (χ2v) is 7.25. The van der Waals surface area contributed by atoms with Crippen LogP contribution in [0, 0.1) is 0 Å². The summed E-state index contributed by atoms with van der Waals surface area (Å²) in [5.41, 5.74) is -0.867. The van der Waals surface area contributed by atoms with E-state index in [4.69, 9.17) is 0 Å². The fourth-order valence-corrected chi connectivity index (χ4v) is 3.77. The van der Waals surface area contributed by atoms with Gasteiger partial charge in [-0.1, -0.05) is 0 Å². The number of rotatable bonds is 5.